The summed E-state index contributed by atoms with van der Waals surface area (Å²) < 4.78 is 12.9. The molecule has 0 aliphatic carbocycles. The van der Waals surface area contributed by atoms with Crippen LogP contribution < -0.4 is 0 Å². The van der Waals surface area contributed by atoms with E-state index in [0.29, 0.717) is 6.42 Å². The van der Waals surface area contributed by atoms with Crippen LogP contribution in [0.25, 0.3) is 0 Å². The van der Waals surface area contributed by atoms with Crippen molar-refractivity contribution in [3.05, 3.63) is 35.6 Å². The number of benzene rings is 1. The number of hydrogen-bond donors (Lipinski definition) is 0. The molecule has 0 heterocycles. The molecule has 0 radical (unpaired) electrons. The van der Waals surface area contributed by atoms with Gasteiger partial charge in [-0.1, -0.05) is 19.1 Å². The first kappa shape index (κ1) is 9.73. The maximum atomic E-state index is 12.9. The molecule has 1 atom stereocenters. The molecule has 0 spiro atoms. The van der Waals surface area contributed by atoms with E-state index in [9.17, 15) is 4.39 Å². The fourth-order valence-corrected chi connectivity index (χ4v) is 1.18. The fourth-order valence-electron chi connectivity index (χ4n) is 1.18. The minimum absolute atomic E-state index is 0.285. The molecule has 0 saturated carbocycles. The van der Waals surface area contributed by atoms with Gasteiger partial charge >= 0.3 is 0 Å². The summed E-state index contributed by atoms with van der Waals surface area (Å²) in [5.41, 5.74) is 0.180. The van der Waals surface area contributed by atoms with Gasteiger partial charge in [-0.3, -0.25) is 0 Å². The van der Waals surface area contributed by atoms with E-state index in [4.69, 9.17) is 5.26 Å². The molecule has 0 fully saturated rings. The van der Waals surface area contributed by atoms with Gasteiger partial charge < -0.3 is 0 Å². The summed E-state index contributed by atoms with van der Waals surface area (Å²) in [4.78, 5) is 0. The molecule has 0 saturated heterocycles. The van der Waals surface area contributed by atoms with Crippen molar-refractivity contribution in [3.8, 4) is 6.07 Å². The molecule has 1 aromatic rings. The Morgan fingerprint density at radius 3 is 2.69 bits per heavy atom. The lowest BCUT2D eigenvalue weighted by molar-refractivity contribution is 0.571. The second-order valence-electron chi connectivity index (χ2n) is 3.31. The SMILES string of the molecule is CCC(C)(C#N)c1cccc(F)c1. The van der Waals surface area contributed by atoms with E-state index in [1.165, 1.54) is 12.1 Å². The maximum Gasteiger partial charge on any atom is 0.123 e. The van der Waals surface area contributed by atoms with Crippen molar-refractivity contribution in [3.63, 3.8) is 0 Å². The highest BCUT2D eigenvalue weighted by molar-refractivity contribution is 5.31. The lowest BCUT2D eigenvalue weighted by Crippen LogP contribution is -2.17. The lowest BCUT2D eigenvalue weighted by Gasteiger charge is -2.19. The highest BCUT2D eigenvalue weighted by Gasteiger charge is 2.23. The molecule has 2 heteroatoms. The van der Waals surface area contributed by atoms with Crippen LogP contribution >= 0.6 is 0 Å². The van der Waals surface area contributed by atoms with Gasteiger partial charge in [-0.2, -0.15) is 5.26 Å². The second kappa shape index (κ2) is 3.57. The lowest BCUT2D eigenvalue weighted by atomic mass is 9.82. The van der Waals surface area contributed by atoms with E-state index in [1.807, 2.05) is 13.8 Å². The number of nitriles is 1. The summed E-state index contributed by atoms with van der Waals surface area (Å²) >= 11 is 0. The van der Waals surface area contributed by atoms with E-state index >= 15 is 0 Å². The monoisotopic (exact) mass is 177 g/mol. The van der Waals surface area contributed by atoms with Crippen molar-refractivity contribution in [1.29, 1.82) is 5.26 Å². The quantitative estimate of drug-likeness (QED) is 0.681. The van der Waals surface area contributed by atoms with Crippen molar-refractivity contribution in [2.24, 2.45) is 0 Å². The zero-order valence-corrected chi connectivity index (χ0v) is 7.84. The number of hydrogen-bond acceptors (Lipinski definition) is 1. The first-order chi connectivity index (χ1) is 6.12. The summed E-state index contributed by atoms with van der Waals surface area (Å²) in [5.74, 6) is -0.285. The summed E-state index contributed by atoms with van der Waals surface area (Å²) in [7, 11) is 0. The molecule has 0 bridgehead atoms. The third kappa shape index (κ3) is 1.86. The van der Waals surface area contributed by atoms with E-state index < -0.39 is 5.41 Å². The largest absolute Gasteiger partial charge is 0.207 e. The van der Waals surface area contributed by atoms with Crippen LogP contribution in [-0.4, -0.2) is 0 Å². The van der Waals surface area contributed by atoms with Crippen LogP contribution in [-0.2, 0) is 5.41 Å². The normalized spacial score (nSPS) is 14.6. The van der Waals surface area contributed by atoms with Crippen LogP contribution in [0.1, 0.15) is 25.8 Å². The predicted molar refractivity (Wildman–Crippen MR) is 49.7 cm³/mol. The summed E-state index contributed by atoms with van der Waals surface area (Å²) in [6.07, 6.45) is 0.687. The standard InChI is InChI=1S/C11H12FN/c1-3-11(2,8-13)9-5-4-6-10(12)7-9/h4-7H,3H2,1-2H3. The molecule has 1 rings (SSSR count). The zero-order valence-electron chi connectivity index (χ0n) is 7.84. The van der Waals surface area contributed by atoms with E-state index in [1.54, 1.807) is 12.1 Å². The summed E-state index contributed by atoms with van der Waals surface area (Å²) in [6.45, 7) is 3.75. The molecular weight excluding hydrogens is 165 g/mol. The van der Waals surface area contributed by atoms with E-state index in [-0.39, 0.29) is 5.82 Å². The molecule has 13 heavy (non-hydrogen) atoms. The average molecular weight is 177 g/mol. The highest BCUT2D eigenvalue weighted by atomic mass is 19.1. The Kier molecular flexibility index (Phi) is 2.67. The van der Waals surface area contributed by atoms with Gasteiger partial charge in [0.2, 0.25) is 0 Å². The molecule has 1 aromatic carbocycles. The Hall–Kier alpha value is -1.36. The molecule has 1 unspecified atom stereocenters. The topological polar surface area (TPSA) is 23.8 Å². The molecule has 0 amide bonds. The molecule has 0 aliphatic rings. The number of halogens is 1. The van der Waals surface area contributed by atoms with E-state index in [0.717, 1.165) is 5.56 Å². The van der Waals surface area contributed by atoms with Gasteiger partial charge in [0, 0.05) is 0 Å². The smallest absolute Gasteiger partial charge is 0.123 e. The van der Waals surface area contributed by atoms with Gasteiger partial charge in [0.05, 0.1) is 11.5 Å². The average Bonchev–Trinajstić information content (AvgIpc) is 2.17. The first-order valence-electron chi connectivity index (χ1n) is 4.29. The number of rotatable bonds is 2. The molecule has 1 nitrogen and oxygen atoms in total. The van der Waals surface area contributed by atoms with Gasteiger partial charge in [0.25, 0.3) is 0 Å². The Bertz CT molecular complexity index is 340. The van der Waals surface area contributed by atoms with Crippen LogP contribution in [0.15, 0.2) is 24.3 Å². The molecule has 0 N–H and O–H groups in total. The highest BCUT2D eigenvalue weighted by Crippen LogP contribution is 2.26. The van der Waals surface area contributed by atoms with Crippen molar-refractivity contribution >= 4 is 0 Å². The van der Waals surface area contributed by atoms with Gasteiger partial charge in [0.1, 0.15) is 5.82 Å². The van der Waals surface area contributed by atoms with Gasteiger partial charge in [-0.15, -0.1) is 0 Å². The van der Waals surface area contributed by atoms with Crippen molar-refractivity contribution in [2.45, 2.75) is 25.7 Å². The summed E-state index contributed by atoms with van der Waals surface area (Å²) in [6, 6.07) is 8.44. The van der Waals surface area contributed by atoms with E-state index in [2.05, 4.69) is 6.07 Å². The Balaban J connectivity index is 3.14. The minimum atomic E-state index is -0.567. The second-order valence-corrected chi connectivity index (χ2v) is 3.31. The molecule has 0 aliphatic heterocycles. The zero-order chi connectivity index (χ0) is 9.90. The maximum absolute atomic E-state index is 12.9. The van der Waals surface area contributed by atoms with Crippen LogP contribution in [0, 0.1) is 17.1 Å². The van der Waals surface area contributed by atoms with Crippen molar-refractivity contribution in [2.75, 3.05) is 0 Å². The Morgan fingerprint density at radius 2 is 2.23 bits per heavy atom. The fraction of sp³-hybridized carbons (Fsp3) is 0.364. The molecule has 0 aromatic heterocycles. The van der Waals surface area contributed by atoms with Crippen LogP contribution in [0.2, 0.25) is 0 Å². The van der Waals surface area contributed by atoms with Crippen LogP contribution in [0.3, 0.4) is 0 Å². The first-order valence-corrected chi connectivity index (χ1v) is 4.29. The minimum Gasteiger partial charge on any atom is -0.207 e. The predicted octanol–water partition coefficient (Wildman–Crippen LogP) is 3.02. The molecular formula is C11H12FN. The number of nitrogens with zero attached hydrogens (tertiary/aromatic N) is 1. The Morgan fingerprint density at radius 1 is 1.54 bits per heavy atom. The van der Waals surface area contributed by atoms with Gasteiger partial charge in [-0.25, -0.2) is 4.39 Å². The van der Waals surface area contributed by atoms with Gasteiger partial charge in [0.15, 0.2) is 0 Å². The third-order valence-electron chi connectivity index (χ3n) is 2.42. The third-order valence-corrected chi connectivity index (χ3v) is 2.42. The summed E-state index contributed by atoms with van der Waals surface area (Å²) in [5, 5.41) is 8.96. The van der Waals surface area contributed by atoms with Crippen molar-refractivity contribution in [1.82, 2.24) is 0 Å². The van der Waals surface area contributed by atoms with Crippen molar-refractivity contribution < 1.29 is 4.39 Å². The Labute approximate surface area is 77.8 Å². The van der Waals surface area contributed by atoms with Crippen LogP contribution in [0.4, 0.5) is 4.39 Å². The molecule has 68 valence electrons. The van der Waals surface area contributed by atoms with Crippen LogP contribution in [0.5, 0.6) is 0 Å². The van der Waals surface area contributed by atoms with Gasteiger partial charge in [-0.05, 0) is 31.0 Å².